The summed E-state index contributed by atoms with van der Waals surface area (Å²) in [6.45, 7) is 5.33. The van der Waals surface area contributed by atoms with Gasteiger partial charge in [0.25, 0.3) is 0 Å². The fourth-order valence-electron chi connectivity index (χ4n) is 2.91. The SMILES string of the molecule is CCC(C)(C)C(=O)OCOc1ccc(-c2ccc(OCOC(=O)C=Cc3ccccc3)cc2)cc1. The van der Waals surface area contributed by atoms with Crippen molar-refractivity contribution in [3.8, 4) is 22.6 Å². The van der Waals surface area contributed by atoms with E-state index in [9.17, 15) is 9.59 Å². The van der Waals surface area contributed by atoms with Crippen molar-refractivity contribution in [1.29, 1.82) is 0 Å². The molecule has 0 N–H and O–H groups in total. The van der Waals surface area contributed by atoms with Crippen LogP contribution in [0.3, 0.4) is 0 Å². The monoisotopic (exact) mass is 474 g/mol. The molecule has 0 bridgehead atoms. The van der Waals surface area contributed by atoms with Crippen LogP contribution in [0, 0.1) is 5.41 Å². The lowest BCUT2D eigenvalue weighted by atomic mass is 9.91. The van der Waals surface area contributed by atoms with Gasteiger partial charge in [-0.2, -0.15) is 0 Å². The molecule has 0 unspecified atom stereocenters. The van der Waals surface area contributed by atoms with Crippen LogP contribution < -0.4 is 9.47 Å². The Labute approximate surface area is 206 Å². The van der Waals surface area contributed by atoms with E-state index < -0.39 is 11.4 Å². The summed E-state index contributed by atoms with van der Waals surface area (Å²) in [6, 6.07) is 24.4. The standard InChI is InChI=1S/C29H30O6/c1-4-29(2,3)28(31)35-21-33-26-17-13-24(14-18-26)23-11-15-25(16-12-23)32-20-34-27(30)19-10-22-8-6-5-7-9-22/h5-19H,4,20-21H2,1-3H3. The first-order chi connectivity index (χ1) is 16.9. The van der Waals surface area contributed by atoms with Gasteiger partial charge < -0.3 is 18.9 Å². The Morgan fingerprint density at radius 3 is 1.77 bits per heavy atom. The van der Waals surface area contributed by atoms with Gasteiger partial charge in [0.2, 0.25) is 13.6 Å². The van der Waals surface area contributed by atoms with Gasteiger partial charge in [0.05, 0.1) is 5.41 Å². The maximum atomic E-state index is 12.0. The number of carbonyl (C=O) groups excluding carboxylic acids is 2. The Morgan fingerprint density at radius 2 is 1.26 bits per heavy atom. The number of rotatable bonds is 11. The van der Waals surface area contributed by atoms with Gasteiger partial charge in [0.1, 0.15) is 11.5 Å². The van der Waals surface area contributed by atoms with Gasteiger partial charge in [0, 0.05) is 6.08 Å². The van der Waals surface area contributed by atoms with E-state index in [2.05, 4.69) is 0 Å². The summed E-state index contributed by atoms with van der Waals surface area (Å²) in [4.78, 5) is 23.8. The van der Waals surface area contributed by atoms with E-state index in [1.807, 2.05) is 99.6 Å². The number of carbonyl (C=O) groups is 2. The summed E-state index contributed by atoms with van der Waals surface area (Å²) in [6.07, 6.45) is 3.75. The van der Waals surface area contributed by atoms with Crippen molar-refractivity contribution >= 4 is 18.0 Å². The fraction of sp³-hybridized carbons (Fsp3) is 0.241. The van der Waals surface area contributed by atoms with Crippen LogP contribution >= 0.6 is 0 Å². The third-order valence-electron chi connectivity index (χ3n) is 5.53. The summed E-state index contributed by atoms with van der Waals surface area (Å²) in [5.41, 5.74) is 2.37. The fourth-order valence-corrected chi connectivity index (χ4v) is 2.91. The quantitative estimate of drug-likeness (QED) is 0.186. The maximum Gasteiger partial charge on any atom is 0.333 e. The zero-order valence-corrected chi connectivity index (χ0v) is 20.2. The highest BCUT2D eigenvalue weighted by Gasteiger charge is 2.27. The van der Waals surface area contributed by atoms with Crippen molar-refractivity contribution < 1.29 is 28.5 Å². The molecule has 0 saturated heterocycles. The van der Waals surface area contributed by atoms with E-state index in [1.54, 1.807) is 6.08 Å². The molecule has 0 saturated carbocycles. The Balaban J connectivity index is 1.43. The summed E-state index contributed by atoms with van der Waals surface area (Å²) in [5.74, 6) is 0.443. The molecule has 0 radical (unpaired) electrons. The lowest BCUT2D eigenvalue weighted by molar-refractivity contribution is -0.160. The predicted molar refractivity (Wildman–Crippen MR) is 135 cm³/mol. The van der Waals surface area contributed by atoms with Crippen molar-refractivity contribution in [3.05, 3.63) is 90.5 Å². The summed E-state index contributed by atoms with van der Waals surface area (Å²) >= 11 is 0. The molecule has 3 aromatic rings. The number of esters is 2. The Kier molecular flexibility index (Phi) is 9.07. The Bertz CT molecular complexity index is 1120. The molecule has 0 atom stereocenters. The van der Waals surface area contributed by atoms with Crippen LogP contribution in [0.25, 0.3) is 17.2 Å². The molecule has 0 amide bonds. The molecule has 0 aliphatic rings. The van der Waals surface area contributed by atoms with Gasteiger partial charge in [-0.3, -0.25) is 4.79 Å². The van der Waals surface area contributed by atoms with Crippen molar-refractivity contribution in [2.75, 3.05) is 13.6 Å². The molecule has 0 aliphatic carbocycles. The largest absolute Gasteiger partial charge is 0.457 e. The first-order valence-electron chi connectivity index (χ1n) is 11.4. The van der Waals surface area contributed by atoms with Crippen molar-refractivity contribution in [3.63, 3.8) is 0 Å². The minimum Gasteiger partial charge on any atom is -0.457 e. The van der Waals surface area contributed by atoms with Crippen LogP contribution in [0.4, 0.5) is 0 Å². The van der Waals surface area contributed by atoms with E-state index >= 15 is 0 Å². The van der Waals surface area contributed by atoms with Crippen LogP contribution in [0.15, 0.2) is 84.9 Å². The summed E-state index contributed by atoms with van der Waals surface area (Å²) in [7, 11) is 0. The van der Waals surface area contributed by atoms with Gasteiger partial charge in [-0.25, -0.2) is 4.79 Å². The molecule has 3 aromatic carbocycles. The molecular weight excluding hydrogens is 444 g/mol. The van der Waals surface area contributed by atoms with Gasteiger partial charge in [0.15, 0.2) is 0 Å². The lowest BCUT2D eigenvalue weighted by Crippen LogP contribution is -2.27. The van der Waals surface area contributed by atoms with Gasteiger partial charge >= 0.3 is 11.9 Å². The Morgan fingerprint density at radius 1 is 0.743 bits per heavy atom. The van der Waals surface area contributed by atoms with Crippen molar-refractivity contribution in [1.82, 2.24) is 0 Å². The van der Waals surface area contributed by atoms with Gasteiger partial charge in [-0.1, -0.05) is 61.5 Å². The average Bonchev–Trinajstić information content (AvgIpc) is 2.89. The second-order valence-corrected chi connectivity index (χ2v) is 8.45. The molecule has 6 nitrogen and oxygen atoms in total. The number of benzene rings is 3. The van der Waals surface area contributed by atoms with E-state index in [0.717, 1.165) is 16.7 Å². The lowest BCUT2D eigenvalue weighted by Gasteiger charge is -2.20. The highest BCUT2D eigenvalue weighted by Crippen LogP contribution is 2.25. The topological polar surface area (TPSA) is 71.1 Å². The van der Waals surface area contributed by atoms with Crippen LogP contribution in [0.2, 0.25) is 0 Å². The zero-order chi connectivity index (χ0) is 25.1. The van der Waals surface area contributed by atoms with Crippen molar-refractivity contribution in [2.24, 2.45) is 5.41 Å². The third kappa shape index (κ3) is 8.03. The number of hydrogen-bond donors (Lipinski definition) is 0. The second-order valence-electron chi connectivity index (χ2n) is 8.45. The third-order valence-corrected chi connectivity index (χ3v) is 5.53. The van der Waals surface area contributed by atoms with Crippen LogP contribution in [-0.2, 0) is 19.1 Å². The highest BCUT2D eigenvalue weighted by atomic mass is 16.7. The minimum absolute atomic E-state index is 0.125. The molecule has 0 aliphatic heterocycles. The molecule has 182 valence electrons. The molecule has 35 heavy (non-hydrogen) atoms. The van der Waals surface area contributed by atoms with Crippen LogP contribution in [0.5, 0.6) is 11.5 Å². The molecule has 0 aromatic heterocycles. The van der Waals surface area contributed by atoms with Gasteiger partial charge in [-0.15, -0.1) is 0 Å². The van der Waals surface area contributed by atoms with E-state index in [0.29, 0.717) is 17.9 Å². The first-order valence-corrected chi connectivity index (χ1v) is 11.4. The molecule has 0 fully saturated rings. The highest BCUT2D eigenvalue weighted by molar-refractivity contribution is 5.87. The predicted octanol–water partition coefficient (Wildman–Crippen LogP) is 6.26. The molecule has 6 heteroatoms. The summed E-state index contributed by atoms with van der Waals surface area (Å²) < 4.78 is 21.3. The maximum absolute atomic E-state index is 12.0. The normalized spacial score (nSPS) is 11.2. The van der Waals surface area contributed by atoms with Crippen molar-refractivity contribution in [2.45, 2.75) is 27.2 Å². The smallest absolute Gasteiger partial charge is 0.333 e. The van der Waals surface area contributed by atoms with Crippen LogP contribution in [-0.4, -0.2) is 25.5 Å². The molecule has 3 rings (SSSR count). The first kappa shape index (κ1) is 25.6. The molecular formula is C29H30O6. The average molecular weight is 475 g/mol. The van der Waals surface area contributed by atoms with Gasteiger partial charge in [-0.05, 0) is 67.3 Å². The molecule has 0 heterocycles. The minimum atomic E-state index is -0.524. The van der Waals surface area contributed by atoms with E-state index in [1.165, 1.54) is 6.08 Å². The summed E-state index contributed by atoms with van der Waals surface area (Å²) in [5, 5.41) is 0. The molecule has 0 spiro atoms. The second kappa shape index (κ2) is 12.4. The zero-order valence-electron chi connectivity index (χ0n) is 20.2. The van der Waals surface area contributed by atoms with E-state index in [4.69, 9.17) is 18.9 Å². The number of ether oxygens (including phenoxy) is 4. The number of hydrogen-bond acceptors (Lipinski definition) is 6. The Hall–Kier alpha value is -4.06. The van der Waals surface area contributed by atoms with E-state index in [-0.39, 0.29) is 19.6 Å². The van der Waals surface area contributed by atoms with Crippen LogP contribution in [0.1, 0.15) is 32.8 Å².